The number of hydrogen-bond acceptors (Lipinski definition) is 4. The second-order valence-corrected chi connectivity index (χ2v) is 6.79. The molecule has 1 aromatic carbocycles. The Balaban J connectivity index is 2.26. The number of halogens is 2. The first kappa shape index (κ1) is 17.2. The lowest BCUT2D eigenvalue weighted by Gasteiger charge is -2.11. The molecule has 4 nitrogen and oxygen atoms in total. The first-order chi connectivity index (χ1) is 10.4. The number of rotatable bonds is 5. The highest BCUT2D eigenvalue weighted by molar-refractivity contribution is 9.10. The Labute approximate surface area is 148 Å². The second kappa shape index (κ2) is 7.44. The van der Waals surface area contributed by atoms with E-state index in [0.717, 1.165) is 28.0 Å². The Morgan fingerprint density at radius 3 is 2.77 bits per heavy atom. The summed E-state index contributed by atoms with van der Waals surface area (Å²) in [4.78, 5) is 6.44. The molecule has 0 fully saturated rings. The summed E-state index contributed by atoms with van der Waals surface area (Å²) in [5, 5.41) is 1.22. The maximum atomic E-state index is 6.32. The zero-order chi connectivity index (χ0) is 16.3. The molecule has 1 heterocycles. The third-order valence-electron chi connectivity index (χ3n) is 3.11. The second-order valence-electron chi connectivity index (χ2n) is 4.86. The highest BCUT2D eigenvalue weighted by Crippen LogP contribution is 2.40. The lowest BCUT2D eigenvalue weighted by molar-refractivity contribution is 0.493. The fourth-order valence-electron chi connectivity index (χ4n) is 1.61. The standard InChI is InChI=1S/C15H17BrClN3OS/c1-5-20(4)8-18-12-7-11(17)13(6-9(12)2)21-15-14(16)10(3)19-22-15/h6-8H,5H2,1-4H3. The van der Waals surface area contributed by atoms with Crippen LogP contribution in [0.2, 0.25) is 5.02 Å². The van der Waals surface area contributed by atoms with Gasteiger partial charge in [0.2, 0.25) is 5.06 Å². The molecule has 22 heavy (non-hydrogen) atoms. The summed E-state index contributed by atoms with van der Waals surface area (Å²) in [5.41, 5.74) is 2.73. The van der Waals surface area contributed by atoms with Crippen LogP contribution in [0.4, 0.5) is 5.69 Å². The van der Waals surface area contributed by atoms with Crippen molar-refractivity contribution in [2.75, 3.05) is 13.6 Å². The van der Waals surface area contributed by atoms with Crippen LogP contribution in [0.5, 0.6) is 10.8 Å². The van der Waals surface area contributed by atoms with E-state index in [1.54, 1.807) is 6.34 Å². The van der Waals surface area contributed by atoms with E-state index in [-0.39, 0.29) is 0 Å². The molecule has 0 atom stereocenters. The van der Waals surface area contributed by atoms with Crippen LogP contribution in [0.1, 0.15) is 18.2 Å². The molecule has 0 amide bonds. The Morgan fingerprint density at radius 1 is 1.45 bits per heavy atom. The van der Waals surface area contributed by atoms with Gasteiger partial charge in [-0.1, -0.05) is 11.6 Å². The molecule has 2 rings (SSSR count). The molecule has 0 saturated carbocycles. The minimum absolute atomic E-state index is 0.523. The molecule has 0 N–H and O–H groups in total. The first-order valence-corrected chi connectivity index (χ1v) is 8.71. The zero-order valence-electron chi connectivity index (χ0n) is 12.9. The summed E-state index contributed by atoms with van der Waals surface area (Å²) >= 11 is 11.1. The maximum Gasteiger partial charge on any atom is 0.214 e. The van der Waals surface area contributed by atoms with Crippen molar-refractivity contribution < 1.29 is 4.74 Å². The third-order valence-corrected chi connectivity index (χ3v) is 5.42. The molecule has 0 spiro atoms. The average molecular weight is 403 g/mol. The number of benzene rings is 1. The maximum absolute atomic E-state index is 6.32. The summed E-state index contributed by atoms with van der Waals surface area (Å²) in [6.07, 6.45) is 1.79. The fourth-order valence-corrected chi connectivity index (χ4v) is 2.97. The van der Waals surface area contributed by atoms with Crippen LogP contribution in [0.15, 0.2) is 21.6 Å². The topological polar surface area (TPSA) is 37.7 Å². The van der Waals surface area contributed by atoms with Crippen molar-refractivity contribution in [2.45, 2.75) is 20.8 Å². The molecule has 0 aliphatic rings. The van der Waals surface area contributed by atoms with E-state index < -0.39 is 0 Å². The Hall–Kier alpha value is -1.11. The van der Waals surface area contributed by atoms with E-state index in [1.807, 2.05) is 37.9 Å². The van der Waals surface area contributed by atoms with Crippen molar-refractivity contribution in [1.82, 2.24) is 9.27 Å². The highest BCUT2D eigenvalue weighted by Gasteiger charge is 2.13. The fraction of sp³-hybridized carbons (Fsp3) is 0.333. The van der Waals surface area contributed by atoms with Gasteiger partial charge < -0.3 is 9.64 Å². The smallest absolute Gasteiger partial charge is 0.214 e. The summed E-state index contributed by atoms with van der Waals surface area (Å²) in [6.45, 7) is 6.87. The largest absolute Gasteiger partial charge is 0.442 e. The lowest BCUT2D eigenvalue weighted by Crippen LogP contribution is -2.14. The van der Waals surface area contributed by atoms with Gasteiger partial charge in [-0.15, -0.1) is 0 Å². The van der Waals surface area contributed by atoms with Crippen molar-refractivity contribution in [2.24, 2.45) is 4.99 Å². The number of aliphatic imine (C=N–C) groups is 1. The van der Waals surface area contributed by atoms with E-state index in [4.69, 9.17) is 16.3 Å². The van der Waals surface area contributed by atoms with Gasteiger partial charge in [0.25, 0.3) is 0 Å². The van der Waals surface area contributed by atoms with Crippen LogP contribution >= 0.6 is 39.1 Å². The van der Waals surface area contributed by atoms with Gasteiger partial charge in [-0.3, -0.25) is 0 Å². The van der Waals surface area contributed by atoms with Gasteiger partial charge in [0, 0.05) is 25.1 Å². The third kappa shape index (κ3) is 4.00. The number of hydrogen-bond donors (Lipinski definition) is 0. The molecule has 118 valence electrons. The van der Waals surface area contributed by atoms with Crippen molar-refractivity contribution in [1.29, 1.82) is 0 Å². The van der Waals surface area contributed by atoms with Crippen molar-refractivity contribution >= 4 is 51.1 Å². The average Bonchev–Trinajstić information content (AvgIpc) is 2.80. The Morgan fingerprint density at radius 2 is 2.18 bits per heavy atom. The van der Waals surface area contributed by atoms with Gasteiger partial charge in [0.1, 0.15) is 5.75 Å². The summed E-state index contributed by atoms with van der Waals surface area (Å²) < 4.78 is 11.0. The number of ether oxygens (including phenoxy) is 1. The minimum Gasteiger partial charge on any atom is -0.442 e. The van der Waals surface area contributed by atoms with Crippen LogP contribution in [-0.2, 0) is 0 Å². The van der Waals surface area contributed by atoms with E-state index in [0.29, 0.717) is 15.8 Å². The quantitative estimate of drug-likeness (QED) is 0.484. The predicted molar refractivity (Wildman–Crippen MR) is 97.3 cm³/mol. The molecule has 0 unspecified atom stereocenters. The number of aryl methyl sites for hydroxylation is 2. The molecule has 0 radical (unpaired) electrons. The van der Waals surface area contributed by atoms with Gasteiger partial charge in [-0.2, -0.15) is 4.37 Å². The number of aromatic nitrogens is 1. The van der Waals surface area contributed by atoms with Crippen LogP contribution in [0.3, 0.4) is 0 Å². The molecule has 1 aromatic heterocycles. The monoisotopic (exact) mass is 401 g/mol. The van der Waals surface area contributed by atoms with E-state index >= 15 is 0 Å². The SMILES string of the molecule is CCN(C)C=Nc1cc(Cl)c(Oc2snc(C)c2Br)cc1C. The van der Waals surface area contributed by atoms with Gasteiger partial charge in [-0.25, -0.2) is 4.99 Å². The predicted octanol–water partition coefficient (Wildman–Crippen LogP) is 5.58. The van der Waals surface area contributed by atoms with E-state index in [2.05, 4.69) is 32.2 Å². The van der Waals surface area contributed by atoms with Gasteiger partial charge in [0.05, 0.1) is 27.2 Å². The van der Waals surface area contributed by atoms with Crippen LogP contribution < -0.4 is 4.74 Å². The summed E-state index contributed by atoms with van der Waals surface area (Å²) in [5.74, 6) is 0.603. The molecular formula is C15H17BrClN3OS. The van der Waals surface area contributed by atoms with Gasteiger partial charge in [0.15, 0.2) is 0 Å². The van der Waals surface area contributed by atoms with Crippen LogP contribution in [-0.4, -0.2) is 29.2 Å². The first-order valence-electron chi connectivity index (χ1n) is 6.76. The molecule has 0 saturated heterocycles. The van der Waals surface area contributed by atoms with Crippen LogP contribution in [0.25, 0.3) is 0 Å². The summed E-state index contributed by atoms with van der Waals surface area (Å²) in [6, 6.07) is 3.70. The van der Waals surface area contributed by atoms with Crippen molar-refractivity contribution in [3.05, 3.63) is 32.9 Å². The molecule has 0 aliphatic heterocycles. The molecule has 0 bridgehead atoms. The molecular weight excluding hydrogens is 386 g/mol. The minimum atomic E-state index is 0.523. The van der Waals surface area contributed by atoms with E-state index in [1.165, 1.54) is 11.5 Å². The van der Waals surface area contributed by atoms with Gasteiger partial charge in [-0.05, 0) is 54.4 Å². The lowest BCUT2D eigenvalue weighted by atomic mass is 10.2. The molecule has 0 aliphatic carbocycles. The normalized spacial score (nSPS) is 11.2. The zero-order valence-corrected chi connectivity index (χ0v) is 16.0. The summed E-state index contributed by atoms with van der Waals surface area (Å²) in [7, 11) is 1.97. The van der Waals surface area contributed by atoms with Crippen molar-refractivity contribution in [3.8, 4) is 10.8 Å². The van der Waals surface area contributed by atoms with Crippen LogP contribution in [0, 0.1) is 13.8 Å². The van der Waals surface area contributed by atoms with Gasteiger partial charge >= 0.3 is 0 Å². The van der Waals surface area contributed by atoms with E-state index in [9.17, 15) is 0 Å². The highest BCUT2D eigenvalue weighted by atomic mass is 79.9. The Bertz CT molecular complexity index is 702. The number of nitrogens with zero attached hydrogens (tertiary/aromatic N) is 3. The molecule has 7 heteroatoms. The Kier molecular flexibility index (Phi) is 5.83. The van der Waals surface area contributed by atoms with Crippen molar-refractivity contribution in [3.63, 3.8) is 0 Å². The molecule has 2 aromatic rings.